The van der Waals surface area contributed by atoms with Gasteiger partial charge in [0.25, 0.3) is 5.91 Å². The fourth-order valence-electron chi connectivity index (χ4n) is 4.78. The van der Waals surface area contributed by atoms with Crippen molar-refractivity contribution in [2.24, 2.45) is 11.8 Å². The number of aryl methyl sites for hydroxylation is 1. The summed E-state index contributed by atoms with van der Waals surface area (Å²) < 4.78 is 0. The van der Waals surface area contributed by atoms with Gasteiger partial charge in [-0.05, 0) is 68.7 Å². The SMILES string of the molecule is Cc1ncccc1C(=O)NCC1CCC(C(=O)NCCN2CCc3ccccc32)CC1. The highest BCUT2D eigenvalue weighted by molar-refractivity contribution is 5.95. The molecule has 2 heterocycles. The van der Waals surface area contributed by atoms with E-state index < -0.39 is 0 Å². The Morgan fingerprint density at radius 2 is 1.87 bits per heavy atom. The van der Waals surface area contributed by atoms with Gasteiger partial charge < -0.3 is 15.5 Å². The first-order valence-electron chi connectivity index (χ1n) is 11.4. The van der Waals surface area contributed by atoms with Crippen molar-refractivity contribution >= 4 is 17.5 Å². The van der Waals surface area contributed by atoms with E-state index in [-0.39, 0.29) is 17.7 Å². The average molecular weight is 421 g/mol. The Morgan fingerprint density at radius 1 is 1.06 bits per heavy atom. The standard InChI is InChI=1S/C25H32N4O2/c1-18-22(6-4-13-26-18)25(31)28-17-19-8-10-21(11-9-19)24(30)27-14-16-29-15-12-20-5-2-3-7-23(20)29/h2-7,13,19,21H,8-12,14-17H2,1H3,(H,27,30)(H,28,31). The maximum atomic E-state index is 12.6. The number of hydrogen-bond donors (Lipinski definition) is 2. The minimum absolute atomic E-state index is 0.0612. The summed E-state index contributed by atoms with van der Waals surface area (Å²) in [7, 11) is 0. The molecule has 0 atom stereocenters. The van der Waals surface area contributed by atoms with Gasteiger partial charge in [0.2, 0.25) is 5.91 Å². The Morgan fingerprint density at radius 3 is 2.68 bits per heavy atom. The number of rotatable bonds is 7. The third kappa shape index (κ3) is 5.24. The fourth-order valence-corrected chi connectivity index (χ4v) is 4.78. The van der Waals surface area contributed by atoms with Gasteiger partial charge in [-0.1, -0.05) is 18.2 Å². The molecule has 4 rings (SSSR count). The fraction of sp³-hybridized carbons (Fsp3) is 0.480. The number of nitrogens with zero attached hydrogens (tertiary/aromatic N) is 2. The van der Waals surface area contributed by atoms with Crippen molar-refractivity contribution in [3.8, 4) is 0 Å². The largest absolute Gasteiger partial charge is 0.369 e. The number of aromatic nitrogens is 1. The van der Waals surface area contributed by atoms with Gasteiger partial charge in [0.15, 0.2) is 0 Å². The third-order valence-corrected chi connectivity index (χ3v) is 6.68. The van der Waals surface area contributed by atoms with E-state index in [1.165, 1.54) is 11.3 Å². The van der Waals surface area contributed by atoms with Gasteiger partial charge in [-0.2, -0.15) is 0 Å². The number of benzene rings is 1. The van der Waals surface area contributed by atoms with Crippen LogP contribution in [0, 0.1) is 18.8 Å². The topological polar surface area (TPSA) is 74.3 Å². The molecule has 1 fully saturated rings. The van der Waals surface area contributed by atoms with E-state index in [1.54, 1.807) is 18.3 Å². The molecule has 6 nitrogen and oxygen atoms in total. The highest BCUT2D eigenvalue weighted by Gasteiger charge is 2.27. The molecule has 1 aliphatic heterocycles. The first kappa shape index (κ1) is 21.3. The van der Waals surface area contributed by atoms with Crippen molar-refractivity contribution < 1.29 is 9.59 Å². The maximum absolute atomic E-state index is 12.6. The van der Waals surface area contributed by atoms with Gasteiger partial charge in [0.05, 0.1) is 5.56 Å². The summed E-state index contributed by atoms with van der Waals surface area (Å²) in [6.45, 7) is 5.09. The van der Waals surface area contributed by atoms with Gasteiger partial charge in [-0.3, -0.25) is 14.6 Å². The molecule has 1 saturated carbocycles. The molecule has 2 amide bonds. The highest BCUT2D eigenvalue weighted by Crippen LogP contribution is 2.29. The Balaban J connectivity index is 1.15. The molecule has 2 aromatic rings. The number of amides is 2. The van der Waals surface area contributed by atoms with E-state index in [9.17, 15) is 9.59 Å². The number of pyridine rings is 1. The molecule has 1 aliphatic carbocycles. The first-order chi connectivity index (χ1) is 15.1. The van der Waals surface area contributed by atoms with Crippen molar-refractivity contribution in [3.05, 3.63) is 59.4 Å². The lowest BCUT2D eigenvalue weighted by atomic mass is 9.81. The molecular weight excluding hydrogens is 388 g/mol. The summed E-state index contributed by atoms with van der Waals surface area (Å²) in [5.41, 5.74) is 4.09. The summed E-state index contributed by atoms with van der Waals surface area (Å²) in [6.07, 6.45) is 6.52. The van der Waals surface area contributed by atoms with Crippen LogP contribution in [0.4, 0.5) is 5.69 Å². The lowest BCUT2D eigenvalue weighted by Crippen LogP contribution is -2.39. The summed E-state index contributed by atoms with van der Waals surface area (Å²) in [4.78, 5) is 31.5. The number of nitrogens with one attached hydrogen (secondary N) is 2. The summed E-state index contributed by atoms with van der Waals surface area (Å²) >= 11 is 0. The average Bonchev–Trinajstić information content (AvgIpc) is 3.21. The monoisotopic (exact) mass is 420 g/mol. The van der Waals surface area contributed by atoms with Gasteiger partial charge in [-0.15, -0.1) is 0 Å². The van der Waals surface area contributed by atoms with Crippen LogP contribution in [0.5, 0.6) is 0 Å². The van der Waals surface area contributed by atoms with Crippen molar-refractivity contribution in [2.75, 3.05) is 31.1 Å². The van der Waals surface area contributed by atoms with Crippen LogP contribution in [0.15, 0.2) is 42.6 Å². The van der Waals surface area contributed by atoms with Crippen LogP contribution < -0.4 is 15.5 Å². The van der Waals surface area contributed by atoms with Gasteiger partial charge in [-0.25, -0.2) is 0 Å². The van der Waals surface area contributed by atoms with E-state index >= 15 is 0 Å². The predicted molar refractivity (Wildman–Crippen MR) is 122 cm³/mol. The molecule has 0 saturated heterocycles. The molecule has 6 heteroatoms. The van der Waals surface area contributed by atoms with E-state index in [4.69, 9.17) is 0 Å². The van der Waals surface area contributed by atoms with Gasteiger partial charge in [0, 0.05) is 49.7 Å². The van der Waals surface area contributed by atoms with Gasteiger partial charge >= 0.3 is 0 Å². The molecule has 0 radical (unpaired) electrons. The quantitative estimate of drug-likeness (QED) is 0.722. The van der Waals surface area contributed by atoms with E-state index in [0.29, 0.717) is 24.6 Å². The zero-order chi connectivity index (χ0) is 21.6. The molecule has 2 aliphatic rings. The maximum Gasteiger partial charge on any atom is 0.253 e. The molecule has 2 N–H and O–H groups in total. The van der Waals surface area contributed by atoms with E-state index in [2.05, 4.69) is 44.8 Å². The second-order valence-electron chi connectivity index (χ2n) is 8.72. The molecule has 1 aromatic heterocycles. The summed E-state index contributed by atoms with van der Waals surface area (Å²) in [5, 5.41) is 6.19. The van der Waals surface area contributed by atoms with Crippen molar-refractivity contribution in [3.63, 3.8) is 0 Å². The normalized spacial score (nSPS) is 20.2. The minimum Gasteiger partial charge on any atom is -0.369 e. The van der Waals surface area contributed by atoms with Crippen LogP contribution in [0.3, 0.4) is 0 Å². The third-order valence-electron chi connectivity index (χ3n) is 6.68. The smallest absolute Gasteiger partial charge is 0.253 e. The Labute approximate surface area is 184 Å². The lowest BCUT2D eigenvalue weighted by molar-refractivity contribution is -0.126. The Kier molecular flexibility index (Phi) is 6.85. The first-order valence-corrected chi connectivity index (χ1v) is 11.4. The lowest BCUT2D eigenvalue weighted by Gasteiger charge is -2.28. The number of para-hydroxylation sites is 1. The summed E-state index contributed by atoms with van der Waals surface area (Å²) in [6, 6.07) is 12.1. The molecule has 31 heavy (non-hydrogen) atoms. The minimum atomic E-state index is -0.0612. The number of anilines is 1. The van der Waals surface area contributed by atoms with Crippen molar-refractivity contribution in [1.82, 2.24) is 15.6 Å². The molecule has 0 spiro atoms. The number of fused-ring (bicyclic) bond motifs is 1. The molecule has 0 bridgehead atoms. The molecular formula is C25H32N4O2. The van der Waals surface area contributed by atoms with Crippen LogP contribution in [0.1, 0.15) is 47.3 Å². The summed E-state index contributed by atoms with van der Waals surface area (Å²) in [5.74, 6) is 0.652. The Bertz CT molecular complexity index is 921. The number of carbonyl (C=O) groups excluding carboxylic acids is 2. The second kappa shape index (κ2) is 9.94. The van der Waals surface area contributed by atoms with E-state index in [1.807, 2.05) is 6.92 Å². The molecule has 164 valence electrons. The highest BCUT2D eigenvalue weighted by atomic mass is 16.2. The van der Waals surface area contributed by atoms with Crippen molar-refractivity contribution in [1.29, 1.82) is 0 Å². The Hall–Kier alpha value is -2.89. The van der Waals surface area contributed by atoms with Gasteiger partial charge in [0.1, 0.15) is 0 Å². The van der Waals surface area contributed by atoms with E-state index in [0.717, 1.165) is 50.9 Å². The van der Waals surface area contributed by atoms with Crippen LogP contribution >= 0.6 is 0 Å². The zero-order valence-electron chi connectivity index (χ0n) is 18.3. The van der Waals surface area contributed by atoms with Crippen molar-refractivity contribution in [2.45, 2.75) is 39.0 Å². The zero-order valence-corrected chi connectivity index (χ0v) is 18.3. The molecule has 0 unspecified atom stereocenters. The van der Waals surface area contributed by atoms with Crippen LogP contribution in [-0.4, -0.2) is 43.0 Å². The van der Waals surface area contributed by atoms with Crippen LogP contribution in [0.25, 0.3) is 0 Å². The number of carbonyl (C=O) groups is 2. The molecule has 1 aromatic carbocycles. The second-order valence-corrected chi connectivity index (χ2v) is 8.72. The number of hydrogen-bond acceptors (Lipinski definition) is 4. The predicted octanol–water partition coefficient (Wildman–Crippen LogP) is 3.11. The van der Waals surface area contributed by atoms with Crippen LogP contribution in [-0.2, 0) is 11.2 Å². The van der Waals surface area contributed by atoms with Crippen LogP contribution in [0.2, 0.25) is 0 Å².